The Labute approximate surface area is 265 Å². The summed E-state index contributed by atoms with van der Waals surface area (Å²) in [5.41, 5.74) is 3.97. The van der Waals surface area contributed by atoms with E-state index in [-0.39, 0.29) is 22.7 Å². The van der Waals surface area contributed by atoms with Crippen molar-refractivity contribution in [2.45, 2.75) is 0 Å². The van der Waals surface area contributed by atoms with Crippen molar-refractivity contribution in [1.82, 2.24) is 0 Å². The molecule has 4 rings (SSSR count). The molecule has 0 aliphatic heterocycles. The molecule has 0 heterocycles. The van der Waals surface area contributed by atoms with E-state index in [9.17, 15) is 40.5 Å². The maximum absolute atomic E-state index is 10.2. The van der Waals surface area contributed by atoms with Gasteiger partial charge in [0.15, 0.2) is 0 Å². The number of nitro benzene ring substituents is 4. The molecule has 12 heteroatoms. The molecular weight excluding hydrogens is 592 g/mol. The minimum absolute atomic E-state index is 0.107. The fourth-order valence-corrected chi connectivity index (χ4v) is 2.93. The van der Waals surface area contributed by atoms with Gasteiger partial charge in [0, 0.05) is 48.5 Å². The highest BCUT2D eigenvalue weighted by Gasteiger charge is 2.03. The quantitative estimate of drug-likeness (QED) is 0.106. The van der Waals surface area contributed by atoms with Gasteiger partial charge in [-0.2, -0.15) is 0 Å². The van der Waals surface area contributed by atoms with Crippen molar-refractivity contribution in [3.8, 4) is 0 Å². The van der Waals surface area contributed by atoms with E-state index in [2.05, 4.69) is 39.5 Å². The van der Waals surface area contributed by atoms with Crippen molar-refractivity contribution < 1.29 is 19.7 Å². The van der Waals surface area contributed by atoms with E-state index in [1.165, 1.54) is 48.5 Å². The SMILES string of the molecule is C=C.C=Cc1ccc([N+](=O)[O-])cc1.C=Cc1ccc([N+](=O)[O-])cc1.C=Cc1ccc([N+](=O)[O-])cc1.C=Cc1ccc([N+](=O)[O-])cc1. The van der Waals surface area contributed by atoms with Crippen LogP contribution >= 0.6 is 0 Å². The number of rotatable bonds is 8. The number of nitrogens with zero attached hydrogens (tertiary/aromatic N) is 4. The summed E-state index contributed by atoms with van der Waals surface area (Å²) in [5.74, 6) is 0. The van der Waals surface area contributed by atoms with Crippen LogP contribution in [0.25, 0.3) is 24.3 Å². The second-order valence-electron chi connectivity index (χ2n) is 8.21. The minimum atomic E-state index is -0.424. The van der Waals surface area contributed by atoms with Crippen molar-refractivity contribution in [1.29, 1.82) is 0 Å². The van der Waals surface area contributed by atoms with E-state index >= 15 is 0 Å². The molecule has 0 radical (unpaired) electrons. The lowest BCUT2D eigenvalue weighted by Crippen LogP contribution is -1.86. The van der Waals surface area contributed by atoms with Crippen LogP contribution in [-0.4, -0.2) is 19.7 Å². The lowest BCUT2D eigenvalue weighted by Gasteiger charge is -1.91. The Kier molecular flexibility index (Phi) is 18.6. The first kappa shape index (κ1) is 39.2. The summed E-state index contributed by atoms with van der Waals surface area (Å²) in [6, 6.07) is 24.9. The van der Waals surface area contributed by atoms with Gasteiger partial charge in [-0.1, -0.05) is 50.6 Å². The molecule has 0 aliphatic carbocycles. The molecule has 0 unspecified atom stereocenters. The highest BCUT2D eigenvalue weighted by atomic mass is 16.6. The lowest BCUT2D eigenvalue weighted by atomic mass is 10.2. The molecule has 0 amide bonds. The first-order chi connectivity index (χ1) is 21.9. The molecule has 0 bridgehead atoms. The number of non-ortho nitro benzene ring substituents is 4. The van der Waals surface area contributed by atoms with E-state index in [4.69, 9.17) is 0 Å². The van der Waals surface area contributed by atoms with Gasteiger partial charge in [0.2, 0.25) is 0 Å². The number of benzene rings is 4. The Morgan fingerprint density at radius 2 is 0.478 bits per heavy atom. The molecule has 236 valence electrons. The van der Waals surface area contributed by atoms with Gasteiger partial charge in [-0.3, -0.25) is 40.5 Å². The lowest BCUT2D eigenvalue weighted by molar-refractivity contribution is -0.385. The van der Waals surface area contributed by atoms with Crippen LogP contribution in [0.4, 0.5) is 22.7 Å². The van der Waals surface area contributed by atoms with E-state index in [1.807, 2.05) is 0 Å². The third kappa shape index (κ3) is 14.9. The Bertz CT molecular complexity index is 1370. The topological polar surface area (TPSA) is 173 Å². The first-order valence-electron chi connectivity index (χ1n) is 12.9. The van der Waals surface area contributed by atoms with E-state index in [0.29, 0.717) is 0 Å². The number of hydrogen-bond donors (Lipinski definition) is 0. The van der Waals surface area contributed by atoms with Gasteiger partial charge in [0.05, 0.1) is 19.7 Å². The zero-order chi connectivity index (χ0) is 35.1. The summed E-state index contributed by atoms with van der Waals surface area (Å²) >= 11 is 0. The molecule has 0 saturated heterocycles. The summed E-state index contributed by atoms with van der Waals surface area (Å²) in [7, 11) is 0. The Balaban J connectivity index is 0.000000576. The molecule has 0 N–H and O–H groups in total. The summed E-state index contributed by atoms with van der Waals surface area (Å²) in [6.07, 6.45) is 6.57. The van der Waals surface area contributed by atoms with E-state index < -0.39 is 19.7 Å². The van der Waals surface area contributed by atoms with Crippen LogP contribution in [0, 0.1) is 40.5 Å². The van der Waals surface area contributed by atoms with E-state index in [0.717, 1.165) is 22.3 Å². The Hall–Kier alpha value is -6.82. The zero-order valence-corrected chi connectivity index (χ0v) is 24.8. The molecule has 0 aliphatic rings. The minimum Gasteiger partial charge on any atom is -0.258 e. The fourth-order valence-electron chi connectivity index (χ4n) is 2.93. The maximum atomic E-state index is 10.2. The van der Waals surface area contributed by atoms with Gasteiger partial charge < -0.3 is 0 Å². The van der Waals surface area contributed by atoms with Gasteiger partial charge in [-0.05, 0) is 70.8 Å². The average Bonchev–Trinajstić information content (AvgIpc) is 3.10. The number of hydrogen-bond acceptors (Lipinski definition) is 8. The van der Waals surface area contributed by atoms with Crippen LogP contribution in [0.2, 0.25) is 0 Å². The third-order valence-electron chi connectivity index (χ3n) is 5.36. The molecule has 0 fully saturated rings. The maximum Gasteiger partial charge on any atom is 0.269 e. The molecule has 4 aromatic rings. The van der Waals surface area contributed by atoms with Crippen molar-refractivity contribution in [2.24, 2.45) is 0 Å². The summed E-state index contributed by atoms with van der Waals surface area (Å²) in [5, 5.41) is 40.7. The molecule has 0 aromatic heterocycles. The van der Waals surface area contributed by atoms with E-state index in [1.54, 1.807) is 72.8 Å². The second-order valence-corrected chi connectivity index (χ2v) is 8.21. The summed E-state index contributed by atoms with van der Waals surface area (Å²) in [4.78, 5) is 39.0. The normalized spacial score (nSPS) is 8.78. The Morgan fingerprint density at radius 3 is 0.565 bits per heavy atom. The predicted octanol–water partition coefficient (Wildman–Crippen LogP) is 9.75. The van der Waals surface area contributed by atoms with Gasteiger partial charge in [-0.25, -0.2) is 0 Å². The largest absolute Gasteiger partial charge is 0.269 e. The standard InChI is InChI=1S/4C8H7NO2.C2H4/c4*1-2-7-3-5-8(6-4-7)9(10)11;1-2/h4*2-6H,1H2;1-2H2. The second kappa shape index (κ2) is 21.8. The van der Waals surface area contributed by atoms with Gasteiger partial charge in [-0.15, -0.1) is 13.2 Å². The third-order valence-corrected chi connectivity index (χ3v) is 5.36. The molecule has 4 aromatic carbocycles. The molecule has 0 atom stereocenters. The molecular formula is C34H32N4O8. The molecule has 0 saturated carbocycles. The van der Waals surface area contributed by atoms with Crippen LogP contribution in [0.1, 0.15) is 22.3 Å². The van der Waals surface area contributed by atoms with Crippen molar-refractivity contribution in [2.75, 3.05) is 0 Å². The average molecular weight is 625 g/mol. The smallest absolute Gasteiger partial charge is 0.258 e. The molecule has 46 heavy (non-hydrogen) atoms. The monoisotopic (exact) mass is 624 g/mol. The molecule has 12 nitrogen and oxygen atoms in total. The summed E-state index contributed by atoms with van der Waals surface area (Å²) in [6.45, 7) is 20.1. The van der Waals surface area contributed by atoms with Crippen LogP contribution in [0.3, 0.4) is 0 Å². The van der Waals surface area contributed by atoms with Crippen LogP contribution in [0.15, 0.2) is 137 Å². The van der Waals surface area contributed by atoms with Crippen molar-refractivity contribution in [3.63, 3.8) is 0 Å². The highest BCUT2D eigenvalue weighted by Crippen LogP contribution is 2.14. The fraction of sp³-hybridized carbons (Fsp3) is 0. The predicted molar refractivity (Wildman–Crippen MR) is 184 cm³/mol. The zero-order valence-electron chi connectivity index (χ0n) is 24.8. The highest BCUT2D eigenvalue weighted by molar-refractivity contribution is 5.51. The van der Waals surface area contributed by atoms with Gasteiger partial charge >= 0.3 is 0 Å². The van der Waals surface area contributed by atoms with Crippen LogP contribution in [-0.2, 0) is 0 Å². The first-order valence-corrected chi connectivity index (χ1v) is 12.9. The van der Waals surface area contributed by atoms with Gasteiger partial charge in [0.25, 0.3) is 22.7 Å². The van der Waals surface area contributed by atoms with Crippen molar-refractivity contribution in [3.05, 3.63) is 199 Å². The van der Waals surface area contributed by atoms with Crippen LogP contribution in [0.5, 0.6) is 0 Å². The molecule has 0 spiro atoms. The Morgan fingerprint density at radius 1 is 0.348 bits per heavy atom. The van der Waals surface area contributed by atoms with Gasteiger partial charge in [0.1, 0.15) is 0 Å². The van der Waals surface area contributed by atoms with Crippen LogP contribution < -0.4 is 0 Å². The number of nitro groups is 4. The summed E-state index contributed by atoms with van der Waals surface area (Å²) < 4.78 is 0. The van der Waals surface area contributed by atoms with Crippen molar-refractivity contribution >= 4 is 47.1 Å².